The summed E-state index contributed by atoms with van der Waals surface area (Å²) in [5, 5.41) is 3.26. The monoisotopic (exact) mass is 303 g/mol. The average molecular weight is 304 g/mol. The van der Waals surface area contributed by atoms with Gasteiger partial charge in [0.05, 0.1) is 0 Å². The molecule has 0 spiro atoms. The molecule has 0 saturated heterocycles. The van der Waals surface area contributed by atoms with Gasteiger partial charge >= 0.3 is 0 Å². The lowest BCUT2D eigenvalue weighted by Gasteiger charge is -2.09. The molecule has 4 heteroatoms. The zero-order chi connectivity index (χ0) is 12.7. The number of rotatable bonds is 7. The van der Waals surface area contributed by atoms with Gasteiger partial charge in [-0.3, -0.25) is 0 Å². The van der Waals surface area contributed by atoms with Crippen molar-refractivity contribution < 1.29 is 9.13 Å². The highest BCUT2D eigenvalue weighted by molar-refractivity contribution is 9.10. The maximum Gasteiger partial charge on any atom is 0.166 e. The van der Waals surface area contributed by atoms with E-state index in [9.17, 15) is 4.39 Å². The van der Waals surface area contributed by atoms with Gasteiger partial charge in [-0.1, -0.05) is 29.8 Å². The molecule has 0 aliphatic rings. The molecule has 1 aromatic carbocycles. The lowest BCUT2D eigenvalue weighted by molar-refractivity contribution is 0.297. The first-order chi connectivity index (χ1) is 8.09. The van der Waals surface area contributed by atoms with E-state index >= 15 is 0 Å². The third kappa shape index (κ3) is 6.03. The van der Waals surface area contributed by atoms with Crippen LogP contribution in [0.5, 0.6) is 5.75 Å². The fraction of sp³-hybridized carbons (Fsp3) is 0.538. The second-order valence-corrected chi connectivity index (χ2v) is 5.27. The van der Waals surface area contributed by atoms with Crippen molar-refractivity contribution in [2.45, 2.75) is 20.3 Å². The quantitative estimate of drug-likeness (QED) is 0.777. The molecule has 0 aliphatic carbocycles. The Kier molecular flexibility index (Phi) is 6.52. The summed E-state index contributed by atoms with van der Waals surface area (Å²) in [6.45, 7) is 6.58. The van der Waals surface area contributed by atoms with Gasteiger partial charge in [0.2, 0.25) is 0 Å². The number of nitrogens with one attached hydrogen (secondary N) is 1. The SMILES string of the molecule is CC(C)CCNCCOc1ccc(Br)cc1F. The first-order valence-corrected chi connectivity index (χ1v) is 6.67. The van der Waals surface area contributed by atoms with E-state index in [1.54, 1.807) is 12.1 Å². The van der Waals surface area contributed by atoms with Crippen molar-refractivity contribution in [1.29, 1.82) is 0 Å². The van der Waals surface area contributed by atoms with Gasteiger partial charge < -0.3 is 10.1 Å². The summed E-state index contributed by atoms with van der Waals surface area (Å²) >= 11 is 3.20. The summed E-state index contributed by atoms with van der Waals surface area (Å²) < 4.78 is 19.4. The third-order valence-corrected chi connectivity index (χ3v) is 2.82. The molecule has 17 heavy (non-hydrogen) atoms. The molecule has 0 unspecified atom stereocenters. The summed E-state index contributed by atoms with van der Waals surface area (Å²) in [6, 6.07) is 4.81. The number of benzene rings is 1. The van der Waals surface area contributed by atoms with Crippen LogP contribution < -0.4 is 10.1 Å². The van der Waals surface area contributed by atoms with E-state index in [-0.39, 0.29) is 5.82 Å². The molecule has 0 fully saturated rings. The molecule has 0 saturated carbocycles. The van der Waals surface area contributed by atoms with Crippen LogP contribution in [0, 0.1) is 11.7 Å². The Hall–Kier alpha value is -0.610. The van der Waals surface area contributed by atoms with Gasteiger partial charge in [-0.05, 0) is 37.1 Å². The van der Waals surface area contributed by atoms with Gasteiger partial charge in [0, 0.05) is 11.0 Å². The topological polar surface area (TPSA) is 21.3 Å². The largest absolute Gasteiger partial charge is 0.489 e. The molecule has 2 nitrogen and oxygen atoms in total. The second-order valence-electron chi connectivity index (χ2n) is 4.36. The van der Waals surface area contributed by atoms with E-state index in [2.05, 4.69) is 35.1 Å². The van der Waals surface area contributed by atoms with Crippen molar-refractivity contribution in [2.75, 3.05) is 19.7 Å². The summed E-state index contributed by atoms with van der Waals surface area (Å²) in [4.78, 5) is 0. The van der Waals surface area contributed by atoms with Crippen molar-refractivity contribution in [1.82, 2.24) is 5.32 Å². The Balaban J connectivity index is 2.18. The predicted molar refractivity (Wildman–Crippen MR) is 71.9 cm³/mol. The van der Waals surface area contributed by atoms with E-state index in [4.69, 9.17) is 4.74 Å². The van der Waals surface area contributed by atoms with Crippen molar-refractivity contribution in [3.05, 3.63) is 28.5 Å². The predicted octanol–water partition coefficient (Wildman–Crippen LogP) is 3.60. The zero-order valence-corrected chi connectivity index (χ0v) is 11.9. The van der Waals surface area contributed by atoms with Gasteiger partial charge in [0.1, 0.15) is 6.61 Å². The molecule has 0 radical (unpaired) electrons. The molecular weight excluding hydrogens is 285 g/mol. The first-order valence-electron chi connectivity index (χ1n) is 5.88. The van der Waals surface area contributed by atoms with Crippen molar-refractivity contribution in [3.8, 4) is 5.75 Å². The second kappa shape index (κ2) is 7.67. The number of hydrogen-bond acceptors (Lipinski definition) is 2. The van der Waals surface area contributed by atoms with Crippen LogP contribution in [0.2, 0.25) is 0 Å². The minimum atomic E-state index is -0.332. The fourth-order valence-corrected chi connectivity index (χ4v) is 1.67. The Morgan fingerprint density at radius 2 is 2.12 bits per heavy atom. The highest BCUT2D eigenvalue weighted by atomic mass is 79.9. The van der Waals surface area contributed by atoms with Gasteiger partial charge in [0.25, 0.3) is 0 Å². The van der Waals surface area contributed by atoms with E-state index in [0.717, 1.165) is 24.0 Å². The highest BCUT2D eigenvalue weighted by Crippen LogP contribution is 2.21. The van der Waals surface area contributed by atoms with Crippen molar-refractivity contribution in [3.63, 3.8) is 0 Å². The average Bonchev–Trinajstić information content (AvgIpc) is 2.25. The maximum absolute atomic E-state index is 13.4. The highest BCUT2D eigenvalue weighted by Gasteiger charge is 2.03. The Labute approximate surface area is 111 Å². The van der Waals surface area contributed by atoms with E-state index in [1.165, 1.54) is 6.07 Å². The Bertz CT molecular complexity index is 344. The lowest BCUT2D eigenvalue weighted by Crippen LogP contribution is -2.23. The Morgan fingerprint density at radius 1 is 1.35 bits per heavy atom. The molecule has 1 aromatic rings. The minimum Gasteiger partial charge on any atom is -0.489 e. The van der Waals surface area contributed by atoms with Crippen LogP contribution in [0.25, 0.3) is 0 Å². The third-order valence-electron chi connectivity index (χ3n) is 2.33. The first kappa shape index (κ1) is 14.5. The summed E-state index contributed by atoms with van der Waals surface area (Å²) in [6.07, 6.45) is 1.15. The van der Waals surface area contributed by atoms with Crippen LogP contribution in [0.3, 0.4) is 0 Å². The molecule has 96 valence electrons. The molecule has 0 bridgehead atoms. The van der Waals surface area contributed by atoms with E-state index in [1.807, 2.05) is 0 Å². The summed E-state index contributed by atoms with van der Waals surface area (Å²) in [5.41, 5.74) is 0. The standard InChI is InChI=1S/C13H19BrFNO/c1-10(2)5-6-16-7-8-17-13-4-3-11(14)9-12(13)15/h3-4,9-10,16H,5-8H2,1-2H3. The molecule has 0 aromatic heterocycles. The van der Waals surface area contributed by atoms with Crippen LogP contribution >= 0.6 is 15.9 Å². The molecule has 0 amide bonds. The smallest absolute Gasteiger partial charge is 0.166 e. The molecule has 0 aliphatic heterocycles. The van der Waals surface area contributed by atoms with Gasteiger partial charge in [0.15, 0.2) is 11.6 Å². The van der Waals surface area contributed by atoms with E-state index in [0.29, 0.717) is 18.3 Å². The number of hydrogen-bond donors (Lipinski definition) is 1. The van der Waals surface area contributed by atoms with Gasteiger partial charge in [-0.2, -0.15) is 0 Å². The molecular formula is C13H19BrFNO. The molecule has 0 heterocycles. The summed E-state index contributed by atoms with van der Waals surface area (Å²) in [7, 11) is 0. The van der Waals surface area contributed by atoms with Gasteiger partial charge in [-0.15, -0.1) is 0 Å². The number of ether oxygens (including phenoxy) is 1. The fourth-order valence-electron chi connectivity index (χ4n) is 1.34. The van der Waals surface area contributed by atoms with Crippen LogP contribution in [0.1, 0.15) is 20.3 Å². The summed E-state index contributed by atoms with van der Waals surface area (Å²) in [5.74, 6) is 0.674. The van der Waals surface area contributed by atoms with E-state index < -0.39 is 0 Å². The van der Waals surface area contributed by atoms with Crippen molar-refractivity contribution >= 4 is 15.9 Å². The van der Waals surface area contributed by atoms with Crippen LogP contribution in [-0.4, -0.2) is 19.7 Å². The normalized spacial score (nSPS) is 10.9. The van der Waals surface area contributed by atoms with Crippen LogP contribution in [-0.2, 0) is 0 Å². The molecule has 1 N–H and O–H groups in total. The molecule has 1 rings (SSSR count). The molecule has 0 atom stereocenters. The van der Waals surface area contributed by atoms with Crippen LogP contribution in [0.15, 0.2) is 22.7 Å². The maximum atomic E-state index is 13.4. The minimum absolute atomic E-state index is 0.304. The van der Waals surface area contributed by atoms with Gasteiger partial charge in [-0.25, -0.2) is 4.39 Å². The Morgan fingerprint density at radius 3 is 2.76 bits per heavy atom. The lowest BCUT2D eigenvalue weighted by atomic mass is 10.1. The van der Waals surface area contributed by atoms with Crippen molar-refractivity contribution in [2.24, 2.45) is 5.92 Å². The number of halogens is 2. The zero-order valence-electron chi connectivity index (χ0n) is 10.3. The van der Waals surface area contributed by atoms with Crippen LogP contribution in [0.4, 0.5) is 4.39 Å².